The number of piperidine rings is 1. The number of likely N-dealkylation sites (tertiary alicyclic amines) is 1. The lowest BCUT2D eigenvalue weighted by Gasteiger charge is -2.47. The number of carbonyl (C=O) groups is 2. The molecule has 0 radical (unpaired) electrons. The van der Waals surface area contributed by atoms with Gasteiger partial charge in [0.1, 0.15) is 11.4 Å². The van der Waals surface area contributed by atoms with E-state index in [4.69, 9.17) is 21.7 Å². The van der Waals surface area contributed by atoms with Crippen LogP contribution in [-0.2, 0) is 15.7 Å². The molecule has 3 aliphatic rings. The molecule has 3 heterocycles. The summed E-state index contributed by atoms with van der Waals surface area (Å²) in [5.74, 6) is -0.953. The molecule has 2 fully saturated rings. The highest BCUT2D eigenvalue weighted by Gasteiger charge is 2.41. The van der Waals surface area contributed by atoms with E-state index in [1.807, 2.05) is 0 Å². The summed E-state index contributed by atoms with van der Waals surface area (Å²) >= 11 is 6.12. The van der Waals surface area contributed by atoms with Gasteiger partial charge in [-0.1, -0.05) is 17.7 Å². The van der Waals surface area contributed by atoms with E-state index in [9.17, 15) is 22.8 Å². The quantitative estimate of drug-likeness (QED) is 0.565. The molecule has 0 atom stereocenters. The fourth-order valence-electron chi connectivity index (χ4n) is 3.98. The average molecular weight is 510 g/mol. The van der Waals surface area contributed by atoms with Gasteiger partial charge in [0.25, 0.3) is 5.91 Å². The van der Waals surface area contributed by atoms with Crippen LogP contribution in [0.25, 0.3) is 0 Å². The molecule has 0 aromatic carbocycles. The summed E-state index contributed by atoms with van der Waals surface area (Å²) in [5, 5.41) is 13.4. The topological polar surface area (TPSA) is 107 Å². The summed E-state index contributed by atoms with van der Waals surface area (Å²) in [6.07, 6.45) is 1.29. The van der Waals surface area contributed by atoms with E-state index in [2.05, 4.69) is 15.6 Å². The molecule has 1 aromatic heterocycles. The van der Waals surface area contributed by atoms with Crippen LogP contribution in [-0.4, -0.2) is 60.3 Å². The largest absolute Gasteiger partial charge is 0.433 e. The number of carbonyl (C=O) groups excluding carboxylic acids is 2. The first-order valence-corrected chi connectivity index (χ1v) is 11.3. The van der Waals surface area contributed by atoms with Gasteiger partial charge in [-0.2, -0.15) is 13.2 Å². The van der Waals surface area contributed by atoms with E-state index in [0.29, 0.717) is 18.7 Å². The number of hydrogen-bond acceptors (Lipinski definition) is 6. The van der Waals surface area contributed by atoms with Crippen molar-refractivity contribution in [2.45, 2.75) is 19.0 Å². The van der Waals surface area contributed by atoms with Gasteiger partial charge in [-0.25, -0.2) is 4.98 Å². The fourth-order valence-corrected chi connectivity index (χ4v) is 4.19. The molecule has 12 heteroatoms. The molecule has 4 rings (SSSR count). The maximum absolute atomic E-state index is 12.9. The molecular formula is C23H23ClF3N5O3. The van der Waals surface area contributed by atoms with Crippen LogP contribution in [0.1, 0.15) is 29.0 Å². The Balaban J connectivity index is 1.37. The van der Waals surface area contributed by atoms with Crippen LogP contribution in [0.4, 0.5) is 13.2 Å². The van der Waals surface area contributed by atoms with Gasteiger partial charge >= 0.3 is 6.18 Å². The van der Waals surface area contributed by atoms with E-state index < -0.39 is 23.5 Å². The molecule has 1 aromatic rings. The highest BCUT2D eigenvalue weighted by atomic mass is 35.5. The number of aromatic nitrogens is 1. The van der Waals surface area contributed by atoms with Gasteiger partial charge in [-0.3, -0.25) is 9.59 Å². The smallest absolute Gasteiger partial charge is 0.382 e. The highest BCUT2D eigenvalue weighted by Crippen LogP contribution is 2.38. The average Bonchev–Trinajstić information content (AvgIpc) is 2.80. The summed E-state index contributed by atoms with van der Waals surface area (Å²) in [5.41, 5.74) is -0.934. The summed E-state index contributed by atoms with van der Waals surface area (Å²) in [7, 11) is 0. The number of allylic oxidation sites excluding steroid dienone is 4. The van der Waals surface area contributed by atoms with Crippen molar-refractivity contribution < 1.29 is 27.5 Å². The highest BCUT2D eigenvalue weighted by molar-refractivity contribution is 6.35. The Bertz CT molecular complexity index is 1130. The normalized spacial score (nSPS) is 20.7. The second-order valence-electron chi connectivity index (χ2n) is 8.68. The molecule has 1 spiro atoms. The minimum atomic E-state index is -4.69. The van der Waals surface area contributed by atoms with Crippen LogP contribution < -0.4 is 10.6 Å². The minimum Gasteiger partial charge on any atom is -0.382 e. The van der Waals surface area contributed by atoms with Gasteiger partial charge in [0.05, 0.1) is 36.2 Å². The molecular weight excluding hydrogens is 487 g/mol. The number of hydrogen-bond donors (Lipinski definition) is 3. The SMILES string of the molecule is N=C1C=C(Cl)C(NC(=O)c2cccc(C(F)(F)F)n2)=C/C1=C/NCC(=O)N1CCC2(CC1)COC2. The fraction of sp³-hybridized carbons (Fsp3) is 0.391. The number of alkyl halides is 3. The van der Waals surface area contributed by atoms with Crippen molar-refractivity contribution in [2.75, 3.05) is 32.8 Å². The van der Waals surface area contributed by atoms with E-state index in [0.717, 1.165) is 44.3 Å². The number of pyridine rings is 1. The van der Waals surface area contributed by atoms with Crippen LogP contribution in [0.5, 0.6) is 0 Å². The summed E-state index contributed by atoms with van der Waals surface area (Å²) < 4.78 is 44.0. The first-order chi connectivity index (χ1) is 16.6. The van der Waals surface area contributed by atoms with Crippen LogP contribution >= 0.6 is 11.6 Å². The molecule has 3 N–H and O–H groups in total. The second kappa shape index (κ2) is 9.82. The van der Waals surface area contributed by atoms with E-state index in [1.54, 1.807) is 4.90 Å². The third kappa shape index (κ3) is 5.73. The van der Waals surface area contributed by atoms with Gasteiger partial charge in [0.2, 0.25) is 5.91 Å². The van der Waals surface area contributed by atoms with Crippen molar-refractivity contribution in [3.05, 3.63) is 64.2 Å². The maximum atomic E-state index is 12.9. The van der Waals surface area contributed by atoms with Crippen LogP contribution in [0.3, 0.4) is 0 Å². The van der Waals surface area contributed by atoms with E-state index in [-0.39, 0.29) is 34.3 Å². The van der Waals surface area contributed by atoms with Gasteiger partial charge in [-0.05, 0) is 37.1 Å². The lowest BCUT2D eigenvalue weighted by atomic mass is 9.77. The summed E-state index contributed by atoms with van der Waals surface area (Å²) in [6.45, 7) is 2.89. The number of nitrogens with one attached hydrogen (secondary N) is 3. The van der Waals surface area contributed by atoms with Crippen molar-refractivity contribution in [3.63, 3.8) is 0 Å². The third-order valence-corrected chi connectivity index (χ3v) is 6.48. The van der Waals surface area contributed by atoms with Gasteiger partial charge in [0, 0.05) is 30.3 Å². The lowest BCUT2D eigenvalue weighted by molar-refractivity contribution is -0.152. The monoisotopic (exact) mass is 509 g/mol. The van der Waals surface area contributed by atoms with Crippen molar-refractivity contribution in [1.82, 2.24) is 20.5 Å². The predicted octanol–water partition coefficient (Wildman–Crippen LogP) is 2.98. The van der Waals surface area contributed by atoms with Gasteiger partial charge in [-0.15, -0.1) is 0 Å². The van der Waals surface area contributed by atoms with Crippen LogP contribution in [0, 0.1) is 10.8 Å². The minimum absolute atomic E-state index is 0.0292. The molecule has 2 saturated heterocycles. The first kappa shape index (κ1) is 24.9. The number of amides is 2. The Morgan fingerprint density at radius 3 is 2.57 bits per heavy atom. The lowest BCUT2D eigenvalue weighted by Crippen LogP contribution is -2.53. The van der Waals surface area contributed by atoms with Crippen molar-refractivity contribution in [1.29, 1.82) is 5.41 Å². The number of ether oxygens (including phenoxy) is 1. The number of rotatable bonds is 5. The Hall–Kier alpha value is -3.18. The van der Waals surface area contributed by atoms with Crippen LogP contribution in [0.2, 0.25) is 0 Å². The number of nitrogens with zero attached hydrogens (tertiary/aromatic N) is 2. The molecule has 0 bridgehead atoms. The second-order valence-corrected chi connectivity index (χ2v) is 9.09. The molecule has 2 aliphatic heterocycles. The van der Waals surface area contributed by atoms with E-state index >= 15 is 0 Å². The van der Waals surface area contributed by atoms with Gasteiger partial charge < -0.3 is 25.7 Å². The Morgan fingerprint density at radius 1 is 1.23 bits per heavy atom. The zero-order chi connectivity index (χ0) is 25.2. The number of halogens is 4. The Kier molecular flexibility index (Phi) is 7.00. The van der Waals surface area contributed by atoms with Crippen molar-refractivity contribution in [2.24, 2.45) is 5.41 Å². The van der Waals surface area contributed by atoms with Crippen molar-refractivity contribution >= 4 is 29.1 Å². The summed E-state index contributed by atoms with van der Waals surface area (Å²) in [6, 6.07) is 3.00. The molecule has 0 saturated carbocycles. The Morgan fingerprint density at radius 2 is 1.94 bits per heavy atom. The molecule has 0 unspecified atom stereocenters. The molecule has 1 aliphatic carbocycles. The molecule has 186 valence electrons. The zero-order valence-electron chi connectivity index (χ0n) is 18.5. The summed E-state index contributed by atoms with van der Waals surface area (Å²) in [4.78, 5) is 30.1. The molecule has 35 heavy (non-hydrogen) atoms. The first-order valence-electron chi connectivity index (χ1n) is 10.9. The molecule has 8 nitrogen and oxygen atoms in total. The zero-order valence-corrected chi connectivity index (χ0v) is 19.3. The maximum Gasteiger partial charge on any atom is 0.433 e. The van der Waals surface area contributed by atoms with E-state index in [1.165, 1.54) is 18.4 Å². The predicted molar refractivity (Wildman–Crippen MR) is 122 cm³/mol. The van der Waals surface area contributed by atoms with Crippen LogP contribution in [0.15, 0.2) is 52.9 Å². The molecule has 2 amide bonds. The third-order valence-electron chi connectivity index (χ3n) is 6.16. The Labute approximate surface area is 204 Å². The standard InChI is InChI=1S/C23H23ClF3N5O3/c24-15-9-16(28)14(10-29-11-20(33)32-6-4-22(5-7-32)12-35-13-22)8-18(15)31-21(34)17-2-1-3-19(30-17)23(25,26)27/h1-3,8-10,28-29H,4-7,11-13H2,(H,31,34)/b14-10-,28-16?. The van der Waals surface area contributed by atoms with Crippen molar-refractivity contribution in [3.8, 4) is 0 Å². The van der Waals surface area contributed by atoms with Gasteiger partial charge in [0.15, 0.2) is 0 Å².